The van der Waals surface area contributed by atoms with Gasteiger partial charge in [0, 0.05) is 24.1 Å². The Morgan fingerprint density at radius 2 is 2.19 bits per heavy atom. The summed E-state index contributed by atoms with van der Waals surface area (Å²) in [4.78, 5) is 25.8. The van der Waals surface area contributed by atoms with Gasteiger partial charge in [-0.2, -0.15) is 0 Å². The van der Waals surface area contributed by atoms with Gasteiger partial charge in [-0.05, 0) is 12.1 Å². The van der Waals surface area contributed by atoms with E-state index in [2.05, 4.69) is 4.98 Å². The number of para-hydroxylation sites is 1. The fraction of sp³-hybridized carbons (Fsp3) is 0.0833. The van der Waals surface area contributed by atoms with E-state index in [1.165, 1.54) is 13.1 Å². The molecule has 4 nitrogen and oxygen atoms in total. The summed E-state index contributed by atoms with van der Waals surface area (Å²) >= 11 is 0. The van der Waals surface area contributed by atoms with Crippen molar-refractivity contribution < 1.29 is 14.3 Å². The third-order valence-electron chi connectivity index (χ3n) is 2.15. The lowest BCUT2D eigenvalue weighted by molar-refractivity contribution is -0.131. The maximum Gasteiger partial charge on any atom is 0.308 e. The first kappa shape index (κ1) is 10.3. The fourth-order valence-corrected chi connectivity index (χ4v) is 1.51. The van der Waals surface area contributed by atoms with Gasteiger partial charge in [-0.15, -0.1) is 0 Å². The molecule has 0 aliphatic carbocycles. The van der Waals surface area contributed by atoms with Crippen molar-refractivity contribution in [2.24, 2.45) is 0 Å². The fourth-order valence-electron chi connectivity index (χ4n) is 1.51. The van der Waals surface area contributed by atoms with Crippen LogP contribution < -0.4 is 4.74 Å². The summed E-state index contributed by atoms with van der Waals surface area (Å²) < 4.78 is 5.01. The van der Waals surface area contributed by atoms with Gasteiger partial charge in [0.25, 0.3) is 0 Å². The zero-order valence-electron chi connectivity index (χ0n) is 8.64. The molecule has 1 heterocycles. The summed E-state index contributed by atoms with van der Waals surface area (Å²) in [5.41, 5.74) is 1.04. The molecule has 1 aromatic heterocycles. The molecule has 0 spiro atoms. The largest absolute Gasteiger partial charge is 0.424 e. The number of fused-ring (bicyclic) bond motifs is 1. The molecule has 1 aromatic carbocycles. The SMILES string of the molecule is CC(=O)Oc1cccc2c(C=O)ccnc12. The lowest BCUT2D eigenvalue weighted by atomic mass is 10.1. The third kappa shape index (κ3) is 1.77. The van der Waals surface area contributed by atoms with Crippen molar-refractivity contribution in [3.63, 3.8) is 0 Å². The maximum absolute atomic E-state index is 10.9. The summed E-state index contributed by atoms with van der Waals surface area (Å²) in [5.74, 6) is -0.0421. The average Bonchev–Trinajstić information content (AvgIpc) is 2.28. The van der Waals surface area contributed by atoms with E-state index in [4.69, 9.17) is 4.74 Å². The highest BCUT2D eigenvalue weighted by atomic mass is 16.5. The molecule has 0 bridgehead atoms. The minimum atomic E-state index is -0.411. The van der Waals surface area contributed by atoms with E-state index in [0.717, 1.165) is 6.29 Å². The Hall–Kier alpha value is -2.23. The molecular weight excluding hydrogens is 206 g/mol. The van der Waals surface area contributed by atoms with Crippen LogP contribution in [0.15, 0.2) is 30.5 Å². The summed E-state index contributed by atoms with van der Waals surface area (Å²) in [6.45, 7) is 1.32. The predicted octanol–water partition coefficient (Wildman–Crippen LogP) is 1.97. The van der Waals surface area contributed by atoms with Crippen molar-refractivity contribution in [2.75, 3.05) is 0 Å². The van der Waals surface area contributed by atoms with Crippen LogP contribution in [0.25, 0.3) is 10.9 Å². The van der Waals surface area contributed by atoms with Crippen LogP contribution in [0.3, 0.4) is 0 Å². The van der Waals surface area contributed by atoms with Crippen LogP contribution in [0, 0.1) is 0 Å². The standard InChI is InChI=1S/C12H9NO3/c1-8(15)16-11-4-2-3-10-9(7-14)5-6-13-12(10)11/h2-7H,1H3. The molecule has 0 atom stereocenters. The normalized spacial score (nSPS) is 10.1. The molecule has 80 valence electrons. The lowest BCUT2D eigenvalue weighted by Crippen LogP contribution is -2.02. The number of rotatable bonds is 2. The first-order valence-corrected chi connectivity index (χ1v) is 4.73. The van der Waals surface area contributed by atoms with Crippen molar-refractivity contribution in [1.82, 2.24) is 4.98 Å². The topological polar surface area (TPSA) is 56.3 Å². The number of esters is 1. The second-order valence-corrected chi connectivity index (χ2v) is 3.26. The number of hydrogen-bond donors (Lipinski definition) is 0. The molecule has 0 unspecified atom stereocenters. The molecule has 2 rings (SSSR count). The van der Waals surface area contributed by atoms with E-state index in [1.54, 1.807) is 24.3 Å². The van der Waals surface area contributed by atoms with E-state index in [9.17, 15) is 9.59 Å². The molecule has 0 aliphatic heterocycles. The summed E-state index contributed by atoms with van der Waals surface area (Å²) in [6, 6.07) is 6.74. The van der Waals surface area contributed by atoms with Crippen LogP contribution >= 0.6 is 0 Å². The number of hydrogen-bond acceptors (Lipinski definition) is 4. The van der Waals surface area contributed by atoms with E-state index < -0.39 is 5.97 Å². The minimum absolute atomic E-state index is 0.369. The number of benzene rings is 1. The number of carbonyl (C=O) groups excluding carboxylic acids is 2. The molecular formula is C12H9NO3. The van der Waals surface area contributed by atoms with Crippen LogP contribution in [0.2, 0.25) is 0 Å². The van der Waals surface area contributed by atoms with Crippen molar-refractivity contribution in [3.05, 3.63) is 36.0 Å². The summed E-state index contributed by atoms with van der Waals surface area (Å²) in [5, 5.41) is 0.677. The van der Waals surface area contributed by atoms with Crippen molar-refractivity contribution >= 4 is 23.2 Å². The smallest absolute Gasteiger partial charge is 0.308 e. The molecule has 16 heavy (non-hydrogen) atoms. The van der Waals surface area contributed by atoms with Gasteiger partial charge in [0.1, 0.15) is 5.52 Å². The van der Waals surface area contributed by atoms with Crippen LogP contribution in [0.1, 0.15) is 17.3 Å². The number of aldehydes is 1. The zero-order chi connectivity index (χ0) is 11.5. The third-order valence-corrected chi connectivity index (χ3v) is 2.15. The molecule has 4 heteroatoms. The Kier molecular flexibility index (Phi) is 2.64. The maximum atomic E-state index is 10.9. The van der Waals surface area contributed by atoms with Crippen molar-refractivity contribution in [3.8, 4) is 5.75 Å². The quantitative estimate of drug-likeness (QED) is 0.436. The van der Waals surface area contributed by atoms with E-state index in [-0.39, 0.29) is 0 Å². The molecule has 0 amide bonds. The number of nitrogens with zero attached hydrogens (tertiary/aromatic N) is 1. The number of carbonyl (C=O) groups is 2. The Morgan fingerprint density at radius 3 is 2.88 bits per heavy atom. The van der Waals surface area contributed by atoms with E-state index in [0.29, 0.717) is 22.2 Å². The zero-order valence-corrected chi connectivity index (χ0v) is 8.64. The van der Waals surface area contributed by atoms with Crippen LogP contribution in [0.5, 0.6) is 5.75 Å². The van der Waals surface area contributed by atoms with Crippen LogP contribution in [-0.2, 0) is 4.79 Å². The molecule has 0 aliphatic rings. The number of ether oxygens (including phenoxy) is 1. The lowest BCUT2D eigenvalue weighted by Gasteiger charge is -2.05. The highest BCUT2D eigenvalue weighted by molar-refractivity contribution is 5.99. The second-order valence-electron chi connectivity index (χ2n) is 3.26. The number of pyridine rings is 1. The van der Waals surface area contributed by atoms with Gasteiger partial charge in [0.2, 0.25) is 0 Å². The minimum Gasteiger partial charge on any atom is -0.424 e. The van der Waals surface area contributed by atoms with Gasteiger partial charge in [-0.25, -0.2) is 0 Å². The average molecular weight is 215 g/mol. The van der Waals surface area contributed by atoms with Gasteiger partial charge in [-0.3, -0.25) is 14.6 Å². The number of aromatic nitrogens is 1. The molecule has 0 saturated carbocycles. The van der Waals surface area contributed by atoms with Crippen molar-refractivity contribution in [2.45, 2.75) is 6.92 Å². The Bertz CT molecular complexity index is 563. The van der Waals surface area contributed by atoms with Gasteiger partial charge in [-0.1, -0.05) is 12.1 Å². The highest BCUT2D eigenvalue weighted by Gasteiger charge is 2.07. The molecule has 2 aromatic rings. The Morgan fingerprint density at radius 1 is 1.38 bits per heavy atom. The van der Waals surface area contributed by atoms with Gasteiger partial charge in [0.15, 0.2) is 12.0 Å². The predicted molar refractivity (Wildman–Crippen MR) is 58.4 cm³/mol. The molecule has 0 N–H and O–H groups in total. The highest BCUT2D eigenvalue weighted by Crippen LogP contribution is 2.25. The van der Waals surface area contributed by atoms with Gasteiger partial charge in [0.05, 0.1) is 0 Å². The van der Waals surface area contributed by atoms with Crippen LogP contribution in [0.4, 0.5) is 0 Å². The molecule has 0 fully saturated rings. The van der Waals surface area contributed by atoms with Crippen LogP contribution in [-0.4, -0.2) is 17.2 Å². The second kappa shape index (κ2) is 4.10. The van der Waals surface area contributed by atoms with E-state index in [1.807, 2.05) is 0 Å². The summed E-state index contributed by atoms with van der Waals surface area (Å²) in [7, 11) is 0. The van der Waals surface area contributed by atoms with E-state index >= 15 is 0 Å². The molecule has 0 radical (unpaired) electrons. The van der Waals surface area contributed by atoms with Gasteiger partial charge < -0.3 is 4.74 Å². The monoisotopic (exact) mass is 215 g/mol. The van der Waals surface area contributed by atoms with Crippen molar-refractivity contribution in [1.29, 1.82) is 0 Å². The first-order chi connectivity index (χ1) is 7.72. The Balaban J connectivity index is 2.68. The van der Waals surface area contributed by atoms with Gasteiger partial charge >= 0.3 is 5.97 Å². The first-order valence-electron chi connectivity index (χ1n) is 4.73. The summed E-state index contributed by atoms with van der Waals surface area (Å²) in [6.07, 6.45) is 2.26. The molecule has 0 saturated heterocycles. The Labute approximate surface area is 91.9 Å².